The molecule has 4 rings (SSSR count). The largest absolute Gasteiger partial charge is 0.335 e. The average molecular weight is 410 g/mol. The maximum Gasteiger partial charge on any atom is 0.274 e. The van der Waals surface area contributed by atoms with Gasteiger partial charge in [0.25, 0.3) is 5.91 Å². The van der Waals surface area contributed by atoms with Crippen LogP contribution in [-0.2, 0) is 12.0 Å². The highest BCUT2D eigenvalue weighted by Gasteiger charge is 2.26. The molecule has 1 aromatic carbocycles. The monoisotopic (exact) mass is 409 g/mol. The molecule has 2 aromatic heterocycles. The van der Waals surface area contributed by atoms with E-state index < -0.39 is 0 Å². The summed E-state index contributed by atoms with van der Waals surface area (Å²) in [6.07, 6.45) is 0. The molecule has 7 heteroatoms. The van der Waals surface area contributed by atoms with Crippen LogP contribution >= 0.6 is 11.3 Å². The smallest absolute Gasteiger partial charge is 0.274 e. The average Bonchev–Trinajstić information content (AvgIpc) is 3.38. The first-order chi connectivity index (χ1) is 13.9. The van der Waals surface area contributed by atoms with Crippen LogP contribution in [0, 0.1) is 0 Å². The number of amides is 1. The lowest BCUT2D eigenvalue weighted by atomic mass is 9.92. The van der Waals surface area contributed by atoms with Gasteiger partial charge in [-0.15, -0.1) is 11.3 Å². The van der Waals surface area contributed by atoms with Crippen LogP contribution in [-0.4, -0.2) is 57.1 Å². The summed E-state index contributed by atoms with van der Waals surface area (Å²) < 4.78 is 0. The van der Waals surface area contributed by atoms with Gasteiger partial charge in [-0.2, -0.15) is 5.10 Å². The topological polar surface area (TPSA) is 65.1 Å². The number of hydrogen-bond donors (Lipinski definition) is 1. The van der Waals surface area contributed by atoms with Crippen molar-refractivity contribution in [1.29, 1.82) is 0 Å². The molecule has 0 spiro atoms. The fraction of sp³-hybridized carbons (Fsp3) is 0.409. The van der Waals surface area contributed by atoms with Crippen molar-refractivity contribution < 1.29 is 4.79 Å². The quantitative estimate of drug-likeness (QED) is 0.712. The molecule has 29 heavy (non-hydrogen) atoms. The lowest BCUT2D eigenvalue weighted by Crippen LogP contribution is -2.48. The summed E-state index contributed by atoms with van der Waals surface area (Å²) in [5.41, 5.74) is 3.70. The number of aromatic amines is 1. The molecule has 152 valence electrons. The highest BCUT2D eigenvalue weighted by Crippen LogP contribution is 2.24. The number of rotatable bonds is 4. The molecule has 3 heterocycles. The maximum atomic E-state index is 12.8. The highest BCUT2D eigenvalue weighted by molar-refractivity contribution is 7.13. The molecule has 1 aliphatic rings. The van der Waals surface area contributed by atoms with E-state index in [0.717, 1.165) is 41.6 Å². The van der Waals surface area contributed by atoms with Gasteiger partial charge in [0.05, 0.1) is 5.69 Å². The fourth-order valence-electron chi connectivity index (χ4n) is 3.41. The van der Waals surface area contributed by atoms with E-state index in [-0.39, 0.29) is 11.3 Å². The molecular formula is C22H27N5OS. The van der Waals surface area contributed by atoms with E-state index >= 15 is 0 Å². The van der Waals surface area contributed by atoms with Crippen LogP contribution in [0.5, 0.6) is 0 Å². The van der Waals surface area contributed by atoms with E-state index in [1.807, 2.05) is 29.2 Å². The van der Waals surface area contributed by atoms with E-state index in [1.54, 1.807) is 11.3 Å². The van der Waals surface area contributed by atoms with Gasteiger partial charge in [0, 0.05) is 54.8 Å². The van der Waals surface area contributed by atoms with E-state index in [2.05, 4.69) is 53.4 Å². The number of thiazole rings is 1. The van der Waals surface area contributed by atoms with Crippen LogP contribution in [0.1, 0.15) is 42.6 Å². The predicted molar refractivity (Wildman–Crippen MR) is 116 cm³/mol. The molecule has 0 aliphatic carbocycles. The van der Waals surface area contributed by atoms with Crippen molar-refractivity contribution in [3.63, 3.8) is 0 Å². The molecule has 1 N–H and O–H groups in total. The zero-order chi connectivity index (χ0) is 20.4. The third-order valence-electron chi connectivity index (χ3n) is 5.22. The maximum absolute atomic E-state index is 12.8. The van der Waals surface area contributed by atoms with Crippen LogP contribution in [0.2, 0.25) is 0 Å². The van der Waals surface area contributed by atoms with Gasteiger partial charge in [0.1, 0.15) is 10.7 Å². The van der Waals surface area contributed by atoms with Crippen molar-refractivity contribution in [2.75, 3.05) is 26.2 Å². The molecular weight excluding hydrogens is 382 g/mol. The van der Waals surface area contributed by atoms with Crippen molar-refractivity contribution in [3.05, 3.63) is 58.9 Å². The zero-order valence-corrected chi connectivity index (χ0v) is 18.0. The second kappa shape index (κ2) is 8.08. The van der Waals surface area contributed by atoms with Gasteiger partial charge in [-0.05, 0) is 6.07 Å². The number of benzene rings is 1. The number of H-pyrrole nitrogens is 1. The van der Waals surface area contributed by atoms with Gasteiger partial charge in [-0.1, -0.05) is 51.1 Å². The minimum Gasteiger partial charge on any atom is -0.335 e. The van der Waals surface area contributed by atoms with Gasteiger partial charge in [0.15, 0.2) is 0 Å². The molecule has 1 fully saturated rings. The number of nitrogens with zero attached hydrogens (tertiary/aromatic N) is 4. The molecule has 3 aromatic rings. The second-order valence-electron chi connectivity index (χ2n) is 8.50. The summed E-state index contributed by atoms with van der Waals surface area (Å²) in [4.78, 5) is 21.8. The van der Waals surface area contributed by atoms with Crippen molar-refractivity contribution in [2.24, 2.45) is 0 Å². The summed E-state index contributed by atoms with van der Waals surface area (Å²) in [6.45, 7) is 10.3. The summed E-state index contributed by atoms with van der Waals surface area (Å²) in [5, 5.41) is 10.4. The van der Waals surface area contributed by atoms with Crippen LogP contribution in [0.4, 0.5) is 0 Å². The Balaban J connectivity index is 1.32. The molecule has 1 aliphatic heterocycles. The molecule has 0 saturated carbocycles. The van der Waals surface area contributed by atoms with Crippen molar-refractivity contribution in [2.45, 2.75) is 32.7 Å². The Labute approximate surface area is 175 Å². The van der Waals surface area contributed by atoms with Crippen molar-refractivity contribution in [1.82, 2.24) is 25.0 Å². The van der Waals surface area contributed by atoms with Gasteiger partial charge in [0.2, 0.25) is 0 Å². The minimum atomic E-state index is -0.0453. The van der Waals surface area contributed by atoms with E-state index in [4.69, 9.17) is 4.98 Å². The first kappa shape index (κ1) is 19.8. The molecule has 0 bridgehead atoms. The normalized spacial score (nSPS) is 15.6. The number of hydrogen-bond acceptors (Lipinski definition) is 5. The number of piperazine rings is 1. The van der Waals surface area contributed by atoms with Crippen molar-refractivity contribution in [3.8, 4) is 10.6 Å². The summed E-state index contributed by atoms with van der Waals surface area (Å²) in [5.74, 6) is 0.0106. The Hall–Kier alpha value is -2.51. The Morgan fingerprint density at radius 3 is 2.52 bits per heavy atom. The summed E-state index contributed by atoms with van der Waals surface area (Å²) in [7, 11) is 0. The van der Waals surface area contributed by atoms with Crippen LogP contribution < -0.4 is 0 Å². The zero-order valence-electron chi connectivity index (χ0n) is 17.2. The third-order valence-corrected chi connectivity index (χ3v) is 6.16. The first-order valence-electron chi connectivity index (χ1n) is 9.97. The van der Waals surface area contributed by atoms with Crippen LogP contribution in [0.25, 0.3) is 10.6 Å². The fourth-order valence-corrected chi connectivity index (χ4v) is 4.23. The van der Waals surface area contributed by atoms with E-state index in [9.17, 15) is 4.79 Å². The van der Waals surface area contributed by atoms with E-state index in [0.29, 0.717) is 18.8 Å². The van der Waals surface area contributed by atoms with E-state index in [1.165, 1.54) is 0 Å². The number of aromatic nitrogens is 3. The van der Waals surface area contributed by atoms with Crippen molar-refractivity contribution >= 4 is 17.2 Å². The van der Waals surface area contributed by atoms with Gasteiger partial charge in [-0.3, -0.25) is 14.8 Å². The first-order valence-corrected chi connectivity index (χ1v) is 10.9. The highest BCUT2D eigenvalue weighted by atomic mass is 32.1. The Morgan fingerprint density at radius 2 is 1.86 bits per heavy atom. The Bertz CT molecular complexity index is 965. The lowest BCUT2D eigenvalue weighted by Gasteiger charge is -2.34. The number of nitrogens with one attached hydrogen (secondary N) is 1. The molecule has 0 atom stereocenters. The minimum absolute atomic E-state index is 0.0106. The van der Waals surface area contributed by atoms with Gasteiger partial charge in [-0.25, -0.2) is 4.98 Å². The predicted octanol–water partition coefficient (Wildman–Crippen LogP) is 3.79. The molecule has 0 unspecified atom stereocenters. The Kier molecular flexibility index (Phi) is 5.52. The van der Waals surface area contributed by atoms with Gasteiger partial charge >= 0.3 is 0 Å². The summed E-state index contributed by atoms with van der Waals surface area (Å²) >= 11 is 1.68. The van der Waals surface area contributed by atoms with Gasteiger partial charge < -0.3 is 4.90 Å². The summed E-state index contributed by atoms with van der Waals surface area (Å²) in [6, 6.07) is 12.2. The lowest BCUT2D eigenvalue weighted by molar-refractivity contribution is 0.0621. The molecule has 1 saturated heterocycles. The Morgan fingerprint density at radius 1 is 1.14 bits per heavy atom. The SMILES string of the molecule is CC(C)(C)c1cc(C(=O)N2CCN(Cc3csc(-c4ccccc4)n3)CC2)n[nH]1. The van der Waals surface area contributed by atoms with Crippen LogP contribution in [0.3, 0.4) is 0 Å². The number of carbonyl (C=O) groups excluding carboxylic acids is 1. The molecule has 6 nitrogen and oxygen atoms in total. The standard InChI is InChI=1S/C22H27N5OS/c1-22(2,3)19-13-18(24-25-19)21(28)27-11-9-26(10-12-27)14-17-15-29-20(23-17)16-7-5-4-6-8-16/h4-8,13,15H,9-12,14H2,1-3H3,(H,24,25). The second-order valence-corrected chi connectivity index (χ2v) is 9.35. The van der Waals surface area contributed by atoms with Crippen LogP contribution in [0.15, 0.2) is 41.8 Å². The number of carbonyl (C=O) groups is 1. The molecule has 0 radical (unpaired) electrons. The molecule has 1 amide bonds. The third kappa shape index (κ3) is 4.57.